The van der Waals surface area contributed by atoms with Gasteiger partial charge in [-0.05, 0) is 18.9 Å². The highest BCUT2D eigenvalue weighted by Gasteiger charge is 2.42. The largest absolute Gasteiger partial charge is 0.476 e. The molecule has 136 valence electrons. The number of amides is 1. The molecule has 1 aromatic heterocycles. The van der Waals surface area contributed by atoms with Crippen molar-refractivity contribution in [2.45, 2.75) is 19.3 Å². The molecule has 25 heavy (non-hydrogen) atoms. The average Bonchev–Trinajstić information content (AvgIpc) is 2.96. The lowest BCUT2D eigenvalue weighted by molar-refractivity contribution is -0.119. The van der Waals surface area contributed by atoms with E-state index < -0.39 is 0 Å². The molecule has 2 saturated heterocycles. The molecule has 8 heteroatoms. The molecule has 0 radical (unpaired) electrons. The van der Waals surface area contributed by atoms with Crippen LogP contribution in [0.3, 0.4) is 0 Å². The number of carbonyl (C=O) groups excluding carboxylic acids is 1. The SMILES string of the molecule is CN=C(NCCOc1ccc(Cl)cn1)N1CCCC2(CNC(=O)C2)C1. The lowest BCUT2D eigenvalue weighted by Gasteiger charge is -2.40. The van der Waals surface area contributed by atoms with Crippen LogP contribution >= 0.6 is 11.6 Å². The monoisotopic (exact) mass is 365 g/mol. The predicted octanol–water partition coefficient (Wildman–Crippen LogP) is 1.29. The van der Waals surface area contributed by atoms with Gasteiger partial charge in [0.05, 0.1) is 11.6 Å². The van der Waals surface area contributed by atoms with Gasteiger partial charge in [-0.2, -0.15) is 0 Å². The molecular weight excluding hydrogens is 342 g/mol. The van der Waals surface area contributed by atoms with Crippen LogP contribution in [0.2, 0.25) is 5.02 Å². The summed E-state index contributed by atoms with van der Waals surface area (Å²) in [5.74, 6) is 1.56. The van der Waals surface area contributed by atoms with E-state index >= 15 is 0 Å². The van der Waals surface area contributed by atoms with Gasteiger partial charge in [0.1, 0.15) is 6.61 Å². The lowest BCUT2D eigenvalue weighted by Crippen LogP contribution is -2.51. The molecule has 2 aliphatic heterocycles. The van der Waals surface area contributed by atoms with Crippen molar-refractivity contribution < 1.29 is 9.53 Å². The topological polar surface area (TPSA) is 78.9 Å². The van der Waals surface area contributed by atoms with Gasteiger partial charge in [-0.3, -0.25) is 9.79 Å². The van der Waals surface area contributed by atoms with Gasteiger partial charge in [-0.1, -0.05) is 11.6 Å². The van der Waals surface area contributed by atoms with E-state index in [1.54, 1.807) is 25.4 Å². The van der Waals surface area contributed by atoms with Crippen LogP contribution < -0.4 is 15.4 Å². The number of likely N-dealkylation sites (tertiary alicyclic amines) is 1. The summed E-state index contributed by atoms with van der Waals surface area (Å²) in [6.07, 6.45) is 4.34. The van der Waals surface area contributed by atoms with Gasteiger partial charge in [0, 0.05) is 50.8 Å². The molecule has 0 aromatic carbocycles. The first-order valence-corrected chi connectivity index (χ1v) is 8.95. The van der Waals surface area contributed by atoms with Crippen LogP contribution in [0, 0.1) is 5.41 Å². The van der Waals surface area contributed by atoms with E-state index in [-0.39, 0.29) is 11.3 Å². The number of hydrogen-bond donors (Lipinski definition) is 2. The summed E-state index contributed by atoms with van der Waals surface area (Å²) < 4.78 is 5.59. The highest BCUT2D eigenvalue weighted by Crippen LogP contribution is 2.35. The maximum absolute atomic E-state index is 11.6. The number of pyridine rings is 1. The predicted molar refractivity (Wildman–Crippen MR) is 97.0 cm³/mol. The zero-order valence-electron chi connectivity index (χ0n) is 14.4. The van der Waals surface area contributed by atoms with E-state index in [0.717, 1.165) is 38.4 Å². The second-order valence-electron chi connectivity index (χ2n) is 6.62. The summed E-state index contributed by atoms with van der Waals surface area (Å²) in [6, 6.07) is 3.50. The summed E-state index contributed by atoms with van der Waals surface area (Å²) in [4.78, 5) is 22.3. The van der Waals surface area contributed by atoms with Crippen molar-refractivity contribution in [3.63, 3.8) is 0 Å². The number of nitrogens with one attached hydrogen (secondary N) is 2. The first-order chi connectivity index (χ1) is 12.1. The Bertz CT molecular complexity index is 636. The Morgan fingerprint density at radius 2 is 2.44 bits per heavy atom. The number of ether oxygens (including phenoxy) is 1. The van der Waals surface area contributed by atoms with Crippen molar-refractivity contribution in [2.24, 2.45) is 10.4 Å². The van der Waals surface area contributed by atoms with Crippen molar-refractivity contribution in [3.8, 4) is 5.88 Å². The molecule has 1 unspecified atom stereocenters. The van der Waals surface area contributed by atoms with E-state index in [1.807, 2.05) is 0 Å². The average molecular weight is 366 g/mol. The third kappa shape index (κ3) is 4.54. The van der Waals surface area contributed by atoms with E-state index in [4.69, 9.17) is 16.3 Å². The molecular formula is C17H24ClN5O2. The Hall–Kier alpha value is -2.02. The molecule has 1 spiro atoms. The number of rotatable bonds is 4. The van der Waals surface area contributed by atoms with Crippen molar-refractivity contribution in [3.05, 3.63) is 23.4 Å². The summed E-state index contributed by atoms with van der Waals surface area (Å²) in [7, 11) is 1.78. The highest BCUT2D eigenvalue weighted by atomic mass is 35.5. The second-order valence-corrected chi connectivity index (χ2v) is 7.05. The van der Waals surface area contributed by atoms with Crippen molar-refractivity contribution in [1.82, 2.24) is 20.5 Å². The number of halogens is 1. The molecule has 0 aliphatic carbocycles. The number of aromatic nitrogens is 1. The molecule has 0 saturated carbocycles. The van der Waals surface area contributed by atoms with Crippen LogP contribution in [0.25, 0.3) is 0 Å². The minimum absolute atomic E-state index is 0.0523. The van der Waals surface area contributed by atoms with E-state index in [9.17, 15) is 4.79 Å². The maximum Gasteiger partial charge on any atom is 0.220 e. The van der Waals surface area contributed by atoms with Gasteiger partial charge in [0.2, 0.25) is 11.8 Å². The minimum Gasteiger partial charge on any atom is -0.476 e. The lowest BCUT2D eigenvalue weighted by atomic mass is 9.79. The molecule has 1 aromatic rings. The summed E-state index contributed by atoms with van der Waals surface area (Å²) in [5, 5.41) is 6.89. The molecule has 3 rings (SSSR count). The van der Waals surface area contributed by atoms with Crippen LogP contribution in [0.5, 0.6) is 5.88 Å². The zero-order chi connectivity index (χ0) is 17.7. The van der Waals surface area contributed by atoms with E-state index in [0.29, 0.717) is 30.5 Å². The normalized spacial score (nSPS) is 23.7. The molecule has 7 nitrogen and oxygen atoms in total. The summed E-state index contributed by atoms with van der Waals surface area (Å²) in [5.41, 5.74) is 0.0523. The molecule has 2 fully saturated rings. The highest BCUT2D eigenvalue weighted by molar-refractivity contribution is 6.30. The first-order valence-electron chi connectivity index (χ1n) is 8.57. The number of aliphatic imine (C=N–C) groups is 1. The summed E-state index contributed by atoms with van der Waals surface area (Å²) in [6.45, 7) is 3.68. The smallest absolute Gasteiger partial charge is 0.220 e. The van der Waals surface area contributed by atoms with Gasteiger partial charge in [0.25, 0.3) is 0 Å². The number of guanidine groups is 1. The fourth-order valence-electron chi connectivity index (χ4n) is 3.53. The fourth-order valence-corrected chi connectivity index (χ4v) is 3.64. The number of nitrogens with zero attached hydrogens (tertiary/aromatic N) is 3. The maximum atomic E-state index is 11.6. The van der Waals surface area contributed by atoms with Gasteiger partial charge >= 0.3 is 0 Å². The molecule has 1 atom stereocenters. The molecule has 1 amide bonds. The molecule has 3 heterocycles. The Morgan fingerprint density at radius 1 is 1.56 bits per heavy atom. The van der Waals surface area contributed by atoms with E-state index in [1.165, 1.54) is 0 Å². The third-order valence-electron chi connectivity index (χ3n) is 4.70. The van der Waals surface area contributed by atoms with Crippen LogP contribution in [-0.4, -0.2) is 61.6 Å². The number of hydrogen-bond acceptors (Lipinski definition) is 4. The molecule has 2 N–H and O–H groups in total. The molecule has 2 aliphatic rings. The molecule has 0 bridgehead atoms. The Balaban J connectivity index is 1.47. The summed E-state index contributed by atoms with van der Waals surface area (Å²) >= 11 is 5.80. The van der Waals surface area contributed by atoms with Crippen LogP contribution in [0.1, 0.15) is 19.3 Å². The standard InChI is InChI=1S/C17H24ClN5O2/c1-19-16(20-6-8-25-15-4-3-13(18)10-21-15)23-7-2-5-17(12-23)9-14(24)22-11-17/h3-4,10H,2,5-9,11-12H2,1H3,(H,19,20)(H,22,24). The Morgan fingerprint density at radius 3 is 3.12 bits per heavy atom. The number of carbonyl (C=O) groups is 1. The van der Waals surface area contributed by atoms with Crippen LogP contribution in [0.15, 0.2) is 23.3 Å². The van der Waals surface area contributed by atoms with Gasteiger partial charge < -0.3 is 20.3 Å². The first kappa shape index (κ1) is 17.8. The van der Waals surface area contributed by atoms with Crippen molar-refractivity contribution >= 4 is 23.5 Å². The van der Waals surface area contributed by atoms with Gasteiger partial charge in [-0.15, -0.1) is 0 Å². The van der Waals surface area contributed by atoms with Crippen molar-refractivity contribution in [1.29, 1.82) is 0 Å². The van der Waals surface area contributed by atoms with Crippen LogP contribution in [-0.2, 0) is 4.79 Å². The Labute approximate surface area is 152 Å². The number of piperidine rings is 1. The van der Waals surface area contributed by atoms with Gasteiger partial charge in [-0.25, -0.2) is 4.98 Å². The Kier molecular flexibility index (Phi) is 5.63. The quantitative estimate of drug-likeness (QED) is 0.477. The fraction of sp³-hybridized carbons (Fsp3) is 0.588. The van der Waals surface area contributed by atoms with Crippen molar-refractivity contribution in [2.75, 3.05) is 39.8 Å². The minimum atomic E-state index is 0.0523. The van der Waals surface area contributed by atoms with Gasteiger partial charge in [0.15, 0.2) is 5.96 Å². The second kappa shape index (κ2) is 7.91. The third-order valence-corrected chi connectivity index (χ3v) is 4.93. The van der Waals surface area contributed by atoms with E-state index in [2.05, 4.69) is 25.5 Å². The zero-order valence-corrected chi connectivity index (χ0v) is 15.2. The van der Waals surface area contributed by atoms with Crippen LogP contribution in [0.4, 0.5) is 0 Å².